The van der Waals surface area contributed by atoms with Crippen LogP contribution in [0.2, 0.25) is 0 Å². The Morgan fingerprint density at radius 2 is 1.73 bits per heavy atom. The minimum Gasteiger partial charge on any atom is -0.373 e. The molecule has 2 aliphatic rings. The maximum atomic E-state index is 13.0. The van der Waals surface area contributed by atoms with E-state index in [1.165, 1.54) is 31.0 Å². The monoisotopic (exact) mass is 451 g/mol. The predicted octanol–water partition coefficient (Wildman–Crippen LogP) is 6.12. The molecule has 26 heavy (non-hydrogen) atoms. The van der Waals surface area contributed by atoms with Crippen molar-refractivity contribution in [1.82, 2.24) is 0 Å². The van der Waals surface area contributed by atoms with E-state index in [0.717, 1.165) is 24.1 Å². The minimum atomic E-state index is -0.0560. The number of halogens is 1. The highest BCUT2D eigenvalue weighted by Crippen LogP contribution is 2.48. The summed E-state index contributed by atoms with van der Waals surface area (Å²) in [7, 11) is 0. The number of Topliss-reactive ketones (excluding diaryl/α,β-unsaturated/α-hetero) is 1. The first kappa shape index (κ1) is 16.1. The standard InChI is InChI=1S/C23H18INO/c24-18-10-4-3-8-16(18)23-22-17(9-5-11-20(22)26)21-15-7-2-1-6-14(15)12-13-19(21)25-23/h1-4,6-8,10,12-13,23,25H,5,9,11H2. The second kappa shape index (κ2) is 6.23. The number of benzene rings is 3. The van der Waals surface area contributed by atoms with Crippen molar-refractivity contribution in [3.63, 3.8) is 0 Å². The molecule has 1 unspecified atom stereocenters. The molecule has 0 spiro atoms. The number of ketones is 1. The fourth-order valence-corrected chi connectivity index (χ4v) is 5.04. The molecule has 128 valence electrons. The number of allylic oxidation sites excluding steroid dienone is 1. The Balaban J connectivity index is 1.81. The third-order valence-electron chi connectivity index (χ3n) is 5.49. The van der Waals surface area contributed by atoms with Crippen molar-refractivity contribution in [3.8, 4) is 0 Å². The lowest BCUT2D eigenvalue weighted by Crippen LogP contribution is -2.27. The first-order valence-corrected chi connectivity index (χ1v) is 10.1. The van der Waals surface area contributed by atoms with Crippen molar-refractivity contribution in [2.75, 3.05) is 5.32 Å². The van der Waals surface area contributed by atoms with Crippen LogP contribution in [0.4, 0.5) is 5.69 Å². The third kappa shape index (κ3) is 2.41. The number of carbonyl (C=O) groups is 1. The molecule has 3 aromatic rings. The number of rotatable bonds is 1. The number of carbonyl (C=O) groups excluding carboxylic acids is 1. The van der Waals surface area contributed by atoms with Gasteiger partial charge in [-0.05, 0) is 69.5 Å². The first-order valence-electron chi connectivity index (χ1n) is 9.03. The van der Waals surface area contributed by atoms with Gasteiger partial charge >= 0.3 is 0 Å². The van der Waals surface area contributed by atoms with Gasteiger partial charge in [0, 0.05) is 26.8 Å². The van der Waals surface area contributed by atoms with Gasteiger partial charge in [-0.1, -0.05) is 48.5 Å². The summed E-state index contributed by atoms with van der Waals surface area (Å²) in [6, 6.07) is 21.1. The predicted molar refractivity (Wildman–Crippen MR) is 115 cm³/mol. The van der Waals surface area contributed by atoms with Gasteiger partial charge in [0.05, 0.1) is 6.04 Å². The molecule has 0 fully saturated rings. The first-order chi connectivity index (χ1) is 12.7. The number of hydrogen-bond acceptors (Lipinski definition) is 2. The lowest BCUT2D eigenvalue weighted by Gasteiger charge is -2.35. The van der Waals surface area contributed by atoms with E-state index < -0.39 is 0 Å². The third-order valence-corrected chi connectivity index (χ3v) is 6.47. The maximum Gasteiger partial charge on any atom is 0.161 e. The molecule has 0 amide bonds. The lowest BCUT2D eigenvalue weighted by atomic mass is 9.77. The molecule has 1 aliphatic carbocycles. The Hall–Kier alpha value is -2.14. The van der Waals surface area contributed by atoms with E-state index in [9.17, 15) is 4.79 Å². The van der Waals surface area contributed by atoms with Gasteiger partial charge in [-0.15, -0.1) is 0 Å². The van der Waals surface area contributed by atoms with Gasteiger partial charge in [-0.2, -0.15) is 0 Å². The molecule has 5 rings (SSSR count). The van der Waals surface area contributed by atoms with Crippen LogP contribution in [0, 0.1) is 3.57 Å². The number of fused-ring (bicyclic) bond motifs is 4. The molecule has 3 aromatic carbocycles. The Kier molecular flexibility index (Phi) is 3.85. The second-order valence-electron chi connectivity index (χ2n) is 6.98. The zero-order valence-electron chi connectivity index (χ0n) is 14.3. The number of hydrogen-bond donors (Lipinski definition) is 1. The van der Waals surface area contributed by atoms with Crippen LogP contribution in [0.15, 0.2) is 66.2 Å². The van der Waals surface area contributed by atoms with Crippen molar-refractivity contribution in [2.24, 2.45) is 0 Å². The van der Waals surface area contributed by atoms with Crippen LogP contribution in [-0.4, -0.2) is 5.78 Å². The Morgan fingerprint density at radius 3 is 2.62 bits per heavy atom. The molecule has 0 radical (unpaired) electrons. The van der Waals surface area contributed by atoms with E-state index in [1.807, 2.05) is 6.07 Å². The lowest BCUT2D eigenvalue weighted by molar-refractivity contribution is -0.116. The summed E-state index contributed by atoms with van der Waals surface area (Å²) in [4.78, 5) is 13.0. The van der Waals surface area contributed by atoms with Gasteiger partial charge in [-0.25, -0.2) is 0 Å². The summed E-state index contributed by atoms with van der Waals surface area (Å²) in [6.45, 7) is 0. The molecule has 0 aromatic heterocycles. The minimum absolute atomic E-state index is 0.0560. The number of nitrogens with one attached hydrogen (secondary N) is 1. The summed E-state index contributed by atoms with van der Waals surface area (Å²) in [6.07, 6.45) is 2.57. The molecule has 1 aliphatic heterocycles. The van der Waals surface area contributed by atoms with Gasteiger partial charge in [0.25, 0.3) is 0 Å². The highest BCUT2D eigenvalue weighted by molar-refractivity contribution is 14.1. The number of anilines is 1. The molecule has 0 bridgehead atoms. The quantitative estimate of drug-likeness (QED) is 0.452. The SMILES string of the molecule is O=C1CCCC2=C1C(c1ccccc1I)Nc1ccc3ccccc3c12. The summed E-state index contributed by atoms with van der Waals surface area (Å²) in [5, 5.41) is 6.16. The van der Waals surface area contributed by atoms with Gasteiger partial charge in [0.2, 0.25) is 0 Å². The van der Waals surface area contributed by atoms with E-state index in [2.05, 4.69) is 82.5 Å². The van der Waals surface area contributed by atoms with Crippen LogP contribution in [-0.2, 0) is 4.79 Å². The van der Waals surface area contributed by atoms with Crippen LogP contribution in [0.25, 0.3) is 16.3 Å². The molecular formula is C23H18INO. The van der Waals surface area contributed by atoms with E-state index >= 15 is 0 Å². The second-order valence-corrected chi connectivity index (χ2v) is 8.14. The van der Waals surface area contributed by atoms with Gasteiger partial charge < -0.3 is 5.32 Å². The Morgan fingerprint density at radius 1 is 0.923 bits per heavy atom. The Labute approximate surface area is 166 Å². The van der Waals surface area contributed by atoms with E-state index in [-0.39, 0.29) is 6.04 Å². The molecule has 1 heterocycles. The largest absolute Gasteiger partial charge is 0.373 e. The van der Waals surface area contributed by atoms with E-state index in [4.69, 9.17) is 0 Å². The van der Waals surface area contributed by atoms with E-state index in [0.29, 0.717) is 12.2 Å². The van der Waals surface area contributed by atoms with Crippen LogP contribution < -0.4 is 5.32 Å². The zero-order chi connectivity index (χ0) is 17.7. The van der Waals surface area contributed by atoms with Crippen molar-refractivity contribution in [3.05, 3.63) is 80.9 Å². The van der Waals surface area contributed by atoms with Gasteiger partial charge in [0.1, 0.15) is 0 Å². The average molecular weight is 451 g/mol. The zero-order valence-corrected chi connectivity index (χ0v) is 16.4. The topological polar surface area (TPSA) is 29.1 Å². The smallest absolute Gasteiger partial charge is 0.161 e. The molecule has 3 heteroatoms. The fraction of sp³-hybridized carbons (Fsp3) is 0.174. The maximum absolute atomic E-state index is 13.0. The highest BCUT2D eigenvalue weighted by atomic mass is 127. The molecule has 0 saturated heterocycles. The normalized spacial score (nSPS) is 19.1. The molecule has 1 N–H and O–H groups in total. The molecular weight excluding hydrogens is 433 g/mol. The Bertz CT molecular complexity index is 1080. The molecule has 0 saturated carbocycles. The summed E-state index contributed by atoms with van der Waals surface area (Å²) >= 11 is 2.37. The summed E-state index contributed by atoms with van der Waals surface area (Å²) in [5.74, 6) is 0.294. The van der Waals surface area contributed by atoms with Crippen molar-refractivity contribution in [2.45, 2.75) is 25.3 Å². The van der Waals surface area contributed by atoms with Crippen LogP contribution in [0.3, 0.4) is 0 Å². The van der Waals surface area contributed by atoms with Crippen LogP contribution >= 0.6 is 22.6 Å². The van der Waals surface area contributed by atoms with E-state index in [1.54, 1.807) is 0 Å². The van der Waals surface area contributed by atoms with Crippen molar-refractivity contribution < 1.29 is 4.79 Å². The average Bonchev–Trinajstić information content (AvgIpc) is 2.67. The molecule has 1 atom stereocenters. The van der Waals surface area contributed by atoms with Gasteiger partial charge in [-0.3, -0.25) is 4.79 Å². The summed E-state index contributed by atoms with van der Waals surface area (Å²) < 4.78 is 1.19. The molecule has 2 nitrogen and oxygen atoms in total. The van der Waals surface area contributed by atoms with Crippen LogP contribution in [0.5, 0.6) is 0 Å². The summed E-state index contributed by atoms with van der Waals surface area (Å²) in [5.41, 5.74) is 5.78. The van der Waals surface area contributed by atoms with Gasteiger partial charge in [0.15, 0.2) is 5.78 Å². The fourth-order valence-electron chi connectivity index (χ4n) is 4.35. The van der Waals surface area contributed by atoms with Crippen LogP contribution in [0.1, 0.15) is 36.4 Å². The van der Waals surface area contributed by atoms with Crippen molar-refractivity contribution in [1.29, 1.82) is 0 Å². The van der Waals surface area contributed by atoms with Crippen molar-refractivity contribution >= 4 is 50.4 Å². The highest BCUT2D eigenvalue weighted by Gasteiger charge is 2.35.